The summed E-state index contributed by atoms with van der Waals surface area (Å²) < 4.78 is 13.5. The molecule has 0 aliphatic carbocycles. The monoisotopic (exact) mass is 632 g/mol. The number of nitrogens with zero attached hydrogens (tertiary/aromatic N) is 2. The van der Waals surface area contributed by atoms with Crippen molar-refractivity contribution in [1.82, 2.24) is 10.2 Å². The molecule has 47 heavy (non-hydrogen) atoms. The van der Waals surface area contributed by atoms with Gasteiger partial charge in [-0.25, -0.2) is 0 Å². The minimum absolute atomic E-state index is 0.00548. The molecule has 7 rings (SSSR count). The lowest BCUT2D eigenvalue weighted by Crippen LogP contribution is -2.57. The Kier molecular flexibility index (Phi) is 9.12. The first-order valence-electron chi connectivity index (χ1n) is 16.7. The zero-order valence-electron chi connectivity index (χ0n) is 26.9. The molecule has 4 atom stereocenters. The summed E-state index contributed by atoms with van der Waals surface area (Å²) in [4.78, 5) is 17.9. The largest absolute Gasteiger partial charge is 0.392 e. The molecule has 0 radical (unpaired) electrons. The minimum atomic E-state index is -0.539. The Morgan fingerprint density at radius 1 is 0.872 bits per heavy atom. The Labute approximate surface area is 277 Å². The number of nitrogens with one attached hydrogen (secondary N) is 1. The first kappa shape index (κ1) is 31.5. The van der Waals surface area contributed by atoms with Crippen LogP contribution in [0.15, 0.2) is 103 Å². The van der Waals surface area contributed by atoms with Crippen LogP contribution in [0.1, 0.15) is 54.4 Å². The Balaban J connectivity index is 1.11. The summed E-state index contributed by atoms with van der Waals surface area (Å²) in [5.41, 5.74) is 12.8. The maximum Gasteiger partial charge on any atom is 0.247 e. The lowest BCUT2D eigenvalue weighted by atomic mass is 9.84. The average molecular weight is 633 g/mol. The van der Waals surface area contributed by atoms with E-state index < -0.39 is 11.8 Å². The molecule has 244 valence electrons. The van der Waals surface area contributed by atoms with Crippen molar-refractivity contribution in [3.05, 3.63) is 125 Å². The number of ether oxygens (including phenoxy) is 2. The topological polar surface area (TPSA) is 100 Å². The van der Waals surface area contributed by atoms with E-state index in [0.29, 0.717) is 13.2 Å². The van der Waals surface area contributed by atoms with Crippen molar-refractivity contribution < 1.29 is 19.4 Å². The highest BCUT2D eigenvalue weighted by atomic mass is 16.7. The van der Waals surface area contributed by atoms with Gasteiger partial charge in [-0.1, -0.05) is 97.9 Å². The number of rotatable bonds is 8. The normalized spacial score (nSPS) is 24.4. The van der Waals surface area contributed by atoms with Crippen molar-refractivity contribution in [2.24, 2.45) is 11.7 Å². The number of benzene rings is 4. The molecule has 0 aromatic heterocycles. The maximum atomic E-state index is 13.2. The van der Waals surface area contributed by atoms with E-state index in [1.165, 1.54) is 0 Å². The molecule has 1 spiro atoms. The van der Waals surface area contributed by atoms with E-state index in [1.807, 2.05) is 42.5 Å². The van der Waals surface area contributed by atoms with Gasteiger partial charge in [-0.15, -0.1) is 0 Å². The van der Waals surface area contributed by atoms with Crippen LogP contribution in [-0.4, -0.2) is 53.9 Å². The van der Waals surface area contributed by atoms with Gasteiger partial charge < -0.3 is 35.4 Å². The molecule has 3 saturated heterocycles. The number of amides is 1. The molecule has 4 N–H and O–H groups in total. The third-order valence-corrected chi connectivity index (χ3v) is 10.4. The molecule has 0 saturated carbocycles. The molecule has 1 amide bonds. The van der Waals surface area contributed by atoms with Crippen LogP contribution in [-0.2, 0) is 27.4 Å². The summed E-state index contributed by atoms with van der Waals surface area (Å²) in [7, 11) is 0. The molecule has 3 heterocycles. The molecule has 8 heteroatoms. The van der Waals surface area contributed by atoms with Crippen molar-refractivity contribution >= 4 is 11.6 Å². The summed E-state index contributed by atoms with van der Waals surface area (Å²) >= 11 is 0. The first-order chi connectivity index (χ1) is 23.0. The van der Waals surface area contributed by atoms with Crippen molar-refractivity contribution in [1.29, 1.82) is 0 Å². The van der Waals surface area contributed by atoms with Gasteiger partial charge in [0.25, 0.3) is 0 Å². The summed E-state index contributed by atoms with van der Waals surface area (Å²) in [5, 5.41) is 12.7. The van der Waals surface area contributed by atoms with Crippen LogP contribution in [0.5, 0.6) is 0 Å². The highest BCUT2D eigenvalue weighted by Crippen LogP contribution is 2.43. The summed E-state index contributed by atoms with van der Waals surface area (Å²) in [5.74, 6) is 0.203. The second-order valence-corrected chi connectivity index (χ2v) is 13.1. The van der Waals surface area contributed by atoms with Crippen molar-refractivity contribution in [3.63, 3.8) is 0 Å². The third kappa shape index (κ3) is 6.20. The van der Waals surface area contributed by atoms with Crippen LogP contribution in [0.4, 0.5) is 5.69 Å². The Morgan fingerprint density at radius 2 is 1.55 bits per heavy atom. The fraction of sp³-hybridized carbons (Fsp3) is 0.359. The van der Waals surface area contributed by atoms with Gasteiger partial charge in [0, 0.05) is 43.3 Å². The average Bonchev–Trinajstić information content (AvgIpc) is 3.44. The molecular weight excluding hydrogens is 588 g/mol. The van der Waals surface area contributed by atoms with Crippen molar-refractivity contribution in [2.75, 3.05) is 31.2 Å². The Hall–Kier alpha value is -4.05. The molecule has 3 aliphatic rings. The van der Waals surface area contributed by atoms with E-state index in [4.69, 9.17) is 15.2 Å². The summed E-state index contributed by atoms with van der Waals surface area (Å²) in [6, 6.07) is 34.9. The highest BCUT2D eigenvalue weighted by Gasteiger charge is 2.51. The van der Waals surface area contributed by atoms with Gasteiger partial charge in [0.1, 0.15) is 5.54 Å². The summed E-state index contributed by atoms with van der Waals surface area (Å²) in [6.45, 7) is 5.59. The van der Waals surface area contributed by atoms with E-state index in [2.05, 4.69) is 82.7 Å². The minimum Gasteiger partial charge on any atom is -0.392 e. The second-order valence-electron chi connectivity index (χ2n) is 13.1. The van der Waals surface area contributed by atoms with E-state index >= 15 is 0 Å². The number of anilines is 1. The number of piperidine rings is 1. The van der Waals surface area contributed by atoms with Crippen LogP contribution in [0.25, 0.3) is 11.1 Å². The van der Waals surface area contributed by atoms with E-state index in [9.17, 15) is 9.90 Å². The zero-order chi connectivity index (χ0) is 32.4. The van der Waals surface area contributed by atoms with Gasteiger partial charge in [-0.2, -0.15) is 0 Å². The second kappa shape index (κ2) is 13.6. The maximum absolute atomic E-state index is 13.2. The summed E-state index contributed by atoms with van der Waals surface area (Å²) in [6.07, 6.45) is 0.696. The third-order valence-electron chi connectivity index (χ3n) is 10.4. The van der Waals surface area contributed by atoms with Crippen molar-refractivity contribution in [3.8, 4) is 11.1 Å². The standard InChI is InChI=1S/C39H44N4O4/c1-27-35(24-42-21-19-39(20-22-42)38(45)41-26-43(39)33-8-3-2-4-9-33)46-37(47-36(27)30-13-11-28(25-44)12-14-30)31-17-15-29(16-18-31)34-10-6-5-7-32(34)23-40/h2-18,27,35-37,44H,19-26,40H2,1H3,(H,41,45)/t27-,35+,36+,37+/m1/s1. The first-order valence-corrected chi connectivity index (χ1v) is 16.7. The molecule has 4 aromatic rings. The van der Waals surface area contributed by atoms with Crippen molar-refractivity contribution in [2.45, 2.75) is 57.0 Å². The number of hydrogen-bond donors (Lipinski definition) is 3. The number of carbonyl (C=O) groups excluding carboxylic acids is 1. The SMILES string of the molecule is C[C@@H]1[C@H](CN2CCC3(CC2)C(=O)NCN3c2ccccc2)O[C@H](c2ccc(-c3ccccc3CN)cc2)O[C@@H]1c1ccc(CO)cc1. The Morgan fingerprint density at radius 3 is 2.26 bits per heavy atom. The predicted octanol–water partition coefficient (Wildman–Crippen LogP) is 5.52. The molecule has 4 aromatic carbocycles. The smallest absolute Gasteiger partial charge is 0.247 e. The van der Waals surface area contributed by atoms with Gasteiger partial charge >= 0.3 is 0 Å². The van der Waals surface area contributed by atoms with Gasteiger partial charge in [0.2, 0.25) is 5.91 Å². The number of carbonyl (C=O) groups is 1. The lowest BCUT2D eigenvalue weighted by molar-refractivity contribution is -0.276. The number of aliphatic hydroxyl groups excluding tert-OH is 1. The quantitative estimate of drug-likeness (QED) is 0.235. The number of hydrogen-bond acceptors (Lipinski definition) is 7. The number of likely N-dealkylation sites (tertiary alicyclic amines) is 1. The number of para-hydroxylation sites is 1. The van der Waals surface area contributed by atoms with Gasteiger partial charge in [-0.3, -0.25) is 4.79 Å². The molecule has 0 unspecified atom stereocenters. The van der Waals surface area contributed by atoms with Gasteiger partial charge in [0.15, 0.2) is 6.29 Å². The van der Waals surface area contributed by atoms with Crippen LogP contribution in [0.3, 0.4) is 0 Å². The molecule has 8 nitrogen and oxygen atoms in total. The molecule has 3 fully saturated rings. The number of aliphatic hydroxyl groups is 1. The van der Waals surface area contributed by atoms with Gasteiger partial charge in [0.05, 0.1) is 25.5 Å². The van der Waals surface area contributed by atoms with E-state index in [1.54, 1.807) is 0 Å². The highest BCUT2D eigenvalue weighted by molar-refractivity contribution is 5.93. The number of nitrogens with two attached hydrogens (primary N) is 1. The molecular formula is C39H44N4O4. The molecule has 3 aliphatic heterocycles. The predicted molar refractivity (Wildman–Crippen MR) is 183 cm³/mol. The Bertz CT molecular complexity index is 1650. The van der Waals surface area contributed by atoms with Gasteiger partial charge in [-0.05, 0) is 52.8 Å². The van der Waals surface area contributed by atoms with Crippen LogP contribution < -0.4 is 16.0 Å². The van der Waals surface area contributed by atoms with Crippen LogP contribution in [0.2, 0.25) is 0 Å². The zero-order valence-corrected chi connectivity index (χ0v) is 26.9. The molecule has 0 bridgehead atoms. The fourth-order valence-electron chi connectivity index (χ4n) is 7.52. The lowest BCUT2D eigenvalue weighted by Gasteiger charge is -2.46. The fourth-order valence-corrected chi connectivity index (χ4v) is 7.52. The van der Waals surface area contributed by atoms with Crippen LogP contribution in [0, 0.1) is 5.92 Å². The van der Waals surface area contributed by atoms with E-state index in [0.717, 1.165) is 71.5 Å². The van der Waals surface area contributed by atoms with E-state index in [-0.39, 0.29) is 30.6 Å². The van der Waals surface area contributed by atoms with Crippen LogP contribution >= 0.6 is 0 Å².